The van der Waals surface area contributed by atoms with Gasteiger partial charge in [0.25, 0.3) is 0 Å². The van der Waals surface area contributed by atoms with Gasteiger partial charge in [0, 0.05) is 61.8 Å². The van der Waals surface area contributed by atoms with Gasteiger partial charge in [-0.1, -0.05) is 18.5 Å². The number of halogens is 2. The number of carbonyl (C=O) groups excluding carboxylic acids is 2. The van der Waals surface area contributed by atoms with E-state index in [1.54, 1.807) is 18.1 Å². The molecule has 0 radical (unpaired) electrons. The molecular formula is C23H33BrClN3O4. The van der Waals surface area contributed by atoms with Crippen molar-refractivity contribution >= 4 is 39.5 Å². The zero-order valence-electron chi connectivity index (χ0n) is 19.5. The first-order chi connectivity index (χ1) is 15.0. The standard InChI is InChI=1S/C23H33BrClN3O4/c1-15(10-16-11-18(24)19(25)12-20(16)31-5)21(29)27-8-6-26(7-9-27)17-13-28(14-17)22(30)32-23(2,3)4/h11-12,15,17H,6-10,13-14H2,1-5H3/t15-/m1/s1. The Kier molecular flexibility index (Phi) is 7.99. The fraction of sp³-hybridized carbons (Fsp3) is 0.652. The van der Waals surface area contributed by atoms with Crippen LogP contribution in [-0.4, -0.2) is 84.7 Å². The molecule has 32 heavy (non-hydrogen) atoms. The van der Waals surface area contributed by atoms with E-state index in [0.29, 0.717) is 49.4 Å². The predicted octanol–water partition coefficient (Wildman–Crippen LogP) is 4.05. The molecule has 2 fully saturated rings. The lowest BCUT2D eigenvalue weighted by atomic mass is 9.98. The van der Waals surface area contributed by atoms with Gasteiger partial charge in [0.1, 0.15) is 11.4 Å². The molecule has 2 amide bonds. The van der Waals surface area contributed by atoms with Gasteiger partial charge >= 0.3 is 6.09 Å². The topological polar surface area (TPSA) is 62.3 Å². The SMILES string of the molecule is COc1cc(Cl)c(Br)cc1C[C@@H](C)C(=O)N1CCN(C2CN(C(=O)OC(C)(C)C)C2)CC1. The number of rotatable bonds is 5. The first kappa shape index (κ1) is 25.1. The lowest BCUT2D eigenvalue weighted by molar-refractivity contribution is -0.137. The molecule has 2 saturated heterocycles. The minimum atomic E-state index is -0.475. The van der Waals surface area contributed by atoms with Crippen molar-refractivity contribution in [3.63, 3.8) is 0 Å². The number of likely N-dealkylation sites (tertiary alicyclic amines) is 1. The van der Waals surface area contributed by atoms with E-state index >= 15 is 0 Å². The van der Waals surface area contributed by atoms with Crippen LogP contribution in [-0.2, 0) is 16.0 Å². The van der Waals surface area contributed by atoms with Crippen LogP contribution in [0.25, 0.3) is 0 Å². The molecule has 2 aliphatic heterocycles. The number of methoxy groups -OCH3 is 1. The first-order valence-corrected chi connectivity index (χ1v) is 12.2. The Morgan fingerprint density at radius 1 is 1.16 bits per heavy atom. The smallest absolute Gasteiger partial charge is 0.410 e. The third-order valence-corrected chi connectivity index (χ3v) is 7.12. The number of hydrogen-bond acceptors (Lipinski definition) is 5. The van der Waals surface area contributed by atoms with Crippen LogP contribution in [0.3, 0.4) is 0 Å². The van der Waals surface area contributed by atoms with E-state index in [4.69, 9.17) is 21.1 Å². The van der Waals surface area contributed by atoms with Crippen molar-refractivity contribution in [3.8, 4) is 5.75 Å². The summed E-state index contributed by atoms with van der Waals surface area (Å²) in [6.45, 7) is 12.0. The highest BCUT2D eigenvalue weighted by molar-refractivity contribution is 9.10. The van der Waals surface area contributed by atoms with Crippen molar-refractivity contribution in [1.82, 2.24) is 14.7 Å². The van der Waals surface area contributed by atoms with Gasteiger partial charge in [-0.05, 0) is 54.8 Å². The van der Waals surface area contributed by atoms with E-state index in [1.807, 2.05) is 38.7 Å². The van der Waals surface area contributed by atoms with Crippen LogP contribution in [0.2, 0.25) is 5.02 Å². The summed E-state index contributed by atoms with van der Waals surface area (Å²) in [5.74, 6) is 0.693. The fourth-order valence-corrected chi connectivity index (χ4v) is 4.66. The molecule has 3 rings (SSSR count). The maximum absolute atomic E-state index is 13.0. The summed E-state index contributed by atoms with van der Waals surface area (Å²) in [6, 6.07) is 4.04. The number of hydrogen-bond donors (Lipinski definition) is 0. The normalized spacial score (nSPS) is 18.8. The van der Waals surface area contributed by atoms with Crippen LogP contribution in [0.1, 0.15) is 33.3 Å². The number of amides is 2. The maximum atomic E-state index is 13.0. The maximum Gasteiger partial charge on any atom is 0.410 e. The monoisotopic (exact) mass is 529 g/mol. The minimum Gasteiger partial charge on any atom is -0.496 e. The zero-order chi connectivity index (χ0) is 23.6. The molecule has 0 aromatic heterocycles. The average Bonchev–Trinajstić information content (AvgIpc) is 2.68. The van der Waals surface area contributed by atoms with Gasteiger partial charge in [-0.25, -0.2) is 4.79 Å². The van der Waals surface area contributed by atoms with Crippen molar-refractivity contribution in [2.24, 2.45) is 5.92 Å². The van der Waals surface area contributed by atoms with Gasteiger partial charge in [-0.15, -0.1) is 0 Å². The summed E-state index contributed by atoms with van der Waals surface area (Å²) in [6.07, 6.45) is 0.339. The molecule has 0 spiro atoms. The Bertz CT molecular complexity index is 846. The van der Waals surface area contributed by atoms with Crippen molar-refractivity contribution in [2.75, 3.05) is 46.4 Å². The lowest BCUT2D eigenvalue weighted by Crippen LogP contribution is -2.65. The second-order valence-corrected chi connectivity index (χ2v) is 10.8. The van der Waals surface area contributed by atoms with Crippen LogP contribution in [0.4, 0.5) is 4.79 Å². The number of piperazine rings is 1. The summed E-state index contributed by atoms with van der Waals surface area (Å²) in [5.41, 5.74) is 0.483. The minimum absolute atomic E-state index is 0.154. The Morgan fingerprint density at radius 3 is 2.34 bits per heavy atom. The van der Waals surface area contributed by atoms with Gasteiger partial charge in [0.15, 0.2) is 0 Å². The van der Waals surface area contributed by atoms with E-state index in [9.17, 15) is 9.59 Å². The predicted molar refractivity (Wildman–Crippen MR) is 128 cm³/mol. The Hall–Kier alpha value is -1.51. The summed E-state index contributed by atoms with van der Waals surface area (Å²) >= 11 is 9.61. The fourth-order valence-electron chi connectivity index (χ4n) is 4.12. The van der Waals surface area contributed by atoms with Crippen molar-refractivity contribution < 1.29 is 19.1 Å². The van der Waals surface area contributed by atoms with Crippen LogP contribution >= 0.6 is 27.5 Å². The van der Waals surface area contributed by atoms with Gasteiger partial charge < -0.3 is 19.3 Å². The zero-order valence-corrected chi connectivity index (χ0v) is 21.8. The van der Waals surface area contributed by atoms with Gasteiger partial charge in [0.2, 0.25) is 5.91 Å². The van der Waals surface area contributed by atoms with Gasteiger partial charge in [0.05, 0.1) is 12.1 Å². The van der Waals surface area contributed by atoms with E-state index in [1.165, 1.54) is 0 Å². The molecule has 0 saturated carbocycles. The highest BCUT2D eigenvalue weighted by atomic mass is 79.9. The van der Waals surface area contributed by atoms with Crippen LogP contribution < -0.4 is 4.74 Å². The Morgan fingerprint density at radius 2 is 1.78 bits per heavy atom. The summed E-state index contributed by atoms with van der Waals surface area (Å²) in [4.78, 5) is 31.2. The van der Waals surface area contributed by atoms with Crippen molar-refractivity contribution in [1.29, 1.82) is 0 Å². The lowest BCUT2D eigenvalue weighted by Gasteiger charge is -2.48. The molecule has 1 aromatic rings. The van der Waals surface area contributed by atoms with E-state index in [-0.39, 0.29) is 17.9 Å². The molecule has 0 aliphatic carbocycles. The van der Waals surface area contributed by atoms with Crippen molar-refractivity contribution in [2.45, 2.75) is 45.8 Å². The highest BCUT2D eigenvalue weighted by Crippen LogP contribution is 2.32. The number of ether oxygens (including phenoxy) is 2. The molecular weight excluding hydrogens is 498 g/mol. The molecule has 2 aliphatic rings. The van der Waals surface area contributed by atoms with Crippen molar-refractivity contribution in [3.05, 3.63) is 27.2 Å². The molecule has 1 atom stereocenters. The van der Waals surface area contributed by atoms with E-state index < -0.39 is 5.60 Å². The van der Waals surface area contributed by atoms with Gasteiger partial charge in [-0.2, -0.15) is 0 Å². The van der Waals surface area contributed by atoms with E-state index in [2.05, 4.69) is 20.8 Å². The summed E-state index contributed by atoms with van der Waals surface area (Å²) < 4.78 is 11.7. The summed E-state index contributed by atoms with van der Waals surface area (Å²) in [5, 5.41) is 0.585. The van der Waals surface area contributed by atoms with E-state index in [0.717, 1.165) is 23.1 Å². The first-order valence-electron chi connectivity index (χ1n) is 11.0. The molecule has 7 nitrogen and oxygen atoms in total. The van der Waals surface area contributed by atoms with Crippen LogP contribution in [0.5, 0.6) is 5.75 Å². The molecule has 2 heterocycles. The Balaban J connectivity index is 1.47. The molecule has 0 N–H and O–H groups in total. The molecule has 0 unspecified atom stereocenters. The van der Waals surface area contributed by atoms with Gasteiger partial charge in [-0.3, -0.25) is 9.69 Å². The van der Waals surface area contributed by atoms with Crippen LogP contribution in [0, 0.1) is 5.92 Å². The molecule has 178 valence electrons. The highest BCUT2D eigenvalue weighted by Gasteiger charge is 2.38. The van der Waals surface area contributed by atoms with Crippen LogP contribution in [0.15, 0.2) is 16.6 Å². The Labute approximate surface area is 204 Å². The third kappa shape index (κ3) is 6.08. The number of nitrogens with zero attached hydrogens (tertiary/aromatic N) is 3. The largest absolute Gasteiger partial charge is 0.496 e. The number of benzene rings is 1. The second kappa shape index (κ2) is 10.2. The molecule has 9 heteroatoms. The summed E-state index contributed by atoms with van der Waals surface area (Å²) in [7, 11) is 1.61. The third-order valence-electron chi connectivity index (χ3n) is 5.93. The quantitative estimate of drug-likeness (QED) is 0.575. The molecule has 0 bridgehead atoms. The average molecular weight is 531 g/mol. The second-order valence-electron chi connectivity index (χ2n) is 9.58. The molecule has 1 aromatic carbocycles. The number of carbonyl (C=O) groups is 2.